The van der Waals surface area contributed by atoms with Gasteiger partial charge >= 0.3 is 0 Å². The molecule has 0 saturated carbocycles. The number of amides is 1. The van der Waals surface area contributed by atoms with Gasteiger partial charge in [-0.05, 0) is 44.5 Å². The van der Waals surface area contributed by atoms with Crippen molar-refractivity contribution in [2.45, 2.75) is 26.2 Å². The van der Waals surface area contributed by atoms with Crippen molar-refractivity contribution >= 4 is 29.3 Å². The van der Waals surface area contributed by atoms with Gasteiger partial charge < -0.3 is 14.3 Å². The molecule has 2 aromatic heterocycles. The van der Waals surface area contributed by atoms with Crippen LogP contribution < -0.4 is 0 Å². The number of imidazole rings is 1. The van der Waals surface area contributed by atoms with E-state index in [4.69, 9.17) is 4.42 Å². The Labute approximate surface area is 146 Å². The standard InChI is InChI=1S/C18H19N3O2.ClH/c1-11-9-19-17(20-11)14-5-6-21(10-14)18(22)13-3-4-16-15(8-13)7-12(2)23-16;/h3-4,7-9,14H,5-6,10H2,1-2H3,(H,19,20);1H. The zero-order valence-electron chi connectivity index (χ0n) is 13.7. The lowest BCUT2D eigenvalue weighted by molar-refractivity contribution is 0.0790. The van der Waals surface area contributed by atoms with Crippen molar-refractivity contribution in [1.82, 2.24) is 14.9 Å². The summed E-state index contributed by atoms with van der Waals surface area (Å²) in [7, 11) is 0. The summed E-state index contributed by atoms with van der Waals surface area (Å²) in [6.07, 6.45) is 2.79. The summed E-state index contributed by atoms with van der Waals surface area (Å²) in [5.41, 5.74) is 2.60. The number of furan rings is 1. The number of aryl methyl sites for hydroxylation is 2. The Morgan fingerprint density at radius 1 is 1.33 bits per heavy atom. The fourth-order valence-electron chi connectivity index (χ4n) is 3.30. The second kappa shape index (κ2) is 6.32. The van der Waals surface area contributed by atoms with Crippen LogP contribution in [-0.2, 0) is 0 Å². The average molecular weight is 346 g/mol. The monoisotopic (exact) mass is 345 g/mol. The summed E-state index contributed by atoms with van der Waals surface area (Å²) in [5.74, 6) is 2.22. The minimum Gasteiger partial charge on any atom is -0.461 e. The summed E-state index contributed by atoms with van der Waals surface area (Å²) < 4.78 is 5.57. The molecule has 24 heavy (non-hydrogen) atoms. The number of nitrogens with zero attached hydrogens (tertiary/aromatic N) is 2. The second-order valence-corrected chi connectivity index (χ2v) is 6.30. The summed E-state index contributed by atoms with van der Waals surface area (Å²) in [5, 5.41) is 0.978. The van der Waals surface area contributed by atoms with Gasteiger partial charge in [0.05, 0.1) is 0 Å². The first kappa shape index (κ1) is 16.6. The highest BCUT2D eigenvalue weighted by atomic mass is 35.5. The molecule has 126 valence electrons. The van der Waals surface area contributed by atoms with Crippen molar-refractivity contribution in [3.8, 4) is 0 Å². The van der Waals surface area contributed by atoms with Gasteiger partial charge in [-0.15, -0.1) is 12.4 Å². The maximum absolute atomic E-state index is 12.7. The lowest BCUT2D eigenvalue weighted by atomic mass is 10.1. The molecule has 5 nitrogen and oxygen atoms in total. The number of aromatic amines is 1. The highest BCUT2D eigenvalue weighted by Crippen LogP contribution is 2.27. The zero-order chi connectivity index (χ0) is 16.0. The van der Waals surface area contributed by atoms with Crippen LogP contribution in [0.4, 0.5) is 0 Å². The number of hydrogen-bond donors (Lipinski definition) is 1. The summed E-state index contributed by atoms with van der Waals surface area (Å²) in [6.45, 7) is 5.40. The molecule has 3 heterocycles. The number of halogens is 1. The number of hydrogen-bond acceptors (Lipinski definition) is 3. The van der Waals surface area contributed by atoms with E-state index in [0.717, 1.165) is 46.8 Å². The molecule has 1 fully saturated rings. The van der Waals surface area contributed by atoms with Crippen LogP contribution in [0.25, 0.3) is 11.0 Å². The lowest BCUT2D eigenvalue weighted by Crippen LogP contribution is -2.28. The van der Waals surface area contributed by atoms with Gasteiger partial charge in [-0.3, -0.25) is 4.79 Å². The largest absolute Gasteiger partial charge is 0.461 e. The third-order valence-corrected chi connectivity index (χ3v) is 4.47. The van der Waals surface area contributed by atoms with Crippen molar-refractivity contribution in [3.63, 3.8) is 0 Å². The number of benzene rings is 1. The van der Waals surface area contributed by atoms with E-state index in [0.29, 0.717) is 12.5 Å². The van der Waals surface area contributed by atoms with Gasteiger partial charge in [0, 0.05) is 41.8 Å². The Kier molecular flexibility index (Phi) is 4.37. The summed E-state index contributed by atoms with van der Waals surface area (Å²) >= 11 is 0. The Hall–Kier alpha value is -2.27. The van der Waals surface area contributed by atoms with E-state index in [-0.39, 0.29) is 18.3 Å². The molecule has 0 aliphatic carbocycles. The van der Waals surface area contributed by atoms with Crippen LogP contribution in [0.3, 0.4) is 0 Å². The molecule has 1 atom stereocenters. The molecule has 0 spiro atoms. The van der Waals surface area contributed by atoms with Crippen LogP contribution in [0.5, 0.6) is 0 Å². The van der Waals surface area contributed by atoms with Crippen molar-refractivity contribution in [2.24, 2.45) is 0 Å². The number of H-pyrrole nitrogens is 1. The van der Waals surface area contributed by atoms with Gasteiger partial charge in [0.15, 0.2) is 0 Å². The van der Waals surface area contributed by atoms with Crippen molar-refractivity contribution < 1.29 is 9.21 Å². The zero-order valence-corrected chi connectivity index (χ0v) is 14.5. The third kappa shape index (κ3) is 2.91. The van der Waals surface area contributed by atoms with Crippen LogP contribution in [0, 0.1) is 13.8 Å². The minimum absolute atomic E-state index is 0. The second-order valence-electron chi connectivity index (χ2n) is 6.30. The number of aromatic nitrogens is 2. The van der Waals surface area contributed by atoms with Crippen molar-refractivity contribution in [3.05, 3.63) is 53.3 Å². The molecule has 6 heteroatoms. The van der Waals surface area contributed by atoms with Crippen LogP contribution in [0.15, 0.2) is 34.9 Å². The highest BCUT2D eigenvalue weighted by Gasteiger charge is 2.29. The van der Waals surface area contributed by atoms with Crippen molar-refractivity contribution in [2.75, 3.05) is 13.1 Å². The predicted molar refractivity (Wildman–Crippen MR) is 94.8 cm³/mol. The molecular formula is C18H20ClN3O2. The molecule has 1 saturated heterocycles. The summed E-state index contributed by atoms with van der Waals surface area (Å²) in [6, 6.07) is 7.60. The van der Waals surface area contributed by atoms with Gasteiger partial charge in [-0.1, -0.05) is 0 Å². The molecule has 1 unspecified atom stereocenters. The number of carbonyl (C=O) groups is 1. The van der Waals surface area contributed by atoms with Gasteiger partial charge in [0.1, 0.15) is 17.2 Å². The van der Waals surface area contributed by atoms with Gasteiger partial charge in [0.2, 0.25) is 0 Å². The number of fused-ring (bicyclic) bond motifs is 1. The molecule has 0 radical (unpaired) electrons. The molecule has 1 N–H and O–H groups in total. The predicted octanol–water partition coefficient (Wildman–Crippen LogP) is 3.82. The normalized spacial score (nSPS) is 17.2. The molecule has 3 aromatic rings. The highest BCUT2D eigenvalue weighted by molar-refractivity contribution is 5.98. The van der Waals surface area contributed by atoms with E-state index in [1.807, 2.05) is 49.2 Å². The number of rotatable bonds is 2. The van der Waals surface area contributed by atoms with Crippen LogP contribution in [0.2, 0.25) is 0 Å². The molecule has 1 aliphatic rings. The van der Waals surface area contributed by atoms with E-state index < -0.39 is 0 Å². The van der Waals surface area contributed by atoms with Crippen LogP contribution in [-0.4, -0.2) is 33.9 Å². The van der Waals surface area contributed by atoms with E-state index >= 15 is 0 Å². The fraction of sp³-hybridized carbons (Fsp3) is 0.333. The van der Waals surface area contributed by atoms with Gasteiger partial charge in [0.25, 0.3) is 5.91 Å². The van der Waals surface area contributed by atoms with E-state index in [9.17, 15) is 4.79 Å². The molecule has 1 aliphatic heterocycles. The SMILES string of the molecule is Cc1cnc(C2CCN(C(=O)c3ccc4oc(C)cc4c3)C2)[nH]1.Cl. The van der Waals surface area contributed by atoms with Crippen LogP contribution in [0.1, 0.15) is 40.0 Å². The summed E-state index contributed by atoms with van der Waals surface area (Å²) in [4.78, 5) is 22.3. The number of carbonyl (C=O) groups excluding carboxylic acids is 1. The topological polar surface area (TPSA) is 62.1 Å². The molecule has 1 aromatic carbocycles. The maximum Gasteiger partial charge on any atom is 0.253 e. The first-order chi connectivity index (χ1) is 11.1. The average Bonchev–Trinajstić information content (AvgIpc) is 3.23. The van der Waals surface area contributed by atoms with E-state index in [1.54, 1.807) is 0 Å². The Bertz CT molecular complexity index is 883. The van der Waals surface area contributed by atoms with Gasteiger partial charge in [-0.25, -0.2) is 4.98 Å². The number of likely N-dealkylation sites (tertiary alicyclic amines) is 1. The Morgan fingerprint density at radius 2 is 2.17 bits per heavy atom. The van der Waals surface area contributed by atoms with Crippen LogP contribution >= 0.6 is 12.4 Å². The first-order valence-corrected chi connectivity index (χ1v) is 7.91. The molecule has 0 bridgehead atoms. The molecule has 4 rings (SSSR count). The lowest BCUT2D eigenvalue weighted by Gasteiger charge is -2.16. The van der Waals surface area contributed by atoms with Crippen molar-refractivity contribution in [1.29, 1.82) is 0 Å². The van der Waals surface area contributed by atoms with E-state index in [2.05, 4.69) is 9.97 Å². The van der Waals surface area contributed by atoms with E-state index in [1.165, 1.54) is 0 Å². The minimum atomic E-state index is 0. The smallest absolute Gasteiger partial charge is 0.253 e. The fourth-order valence-corrected chi connectivity index (χ4v) is 3.30. The first-order valence-electron chi connectivity index (χ1n) is 7.91. The third-order valence-electron chi connectivity index (χ3n) is 4.47. The Balaban J connectivity index is 0.00000169. The Morgan fingerprint density at radius 3 is 2.92 bits per heavy atom. The number of nitrogens with one attached hydrogen (secondary N) is 1. The molecule has 1 amide bonds. The maximum atomic E-state index is 12.7. The van der Waals surface area contributed by atoms with Gasteiger partial charge in [-0.2, -0.15) is 0 Å². The molecular weight excluding hydrogens is 326 g/mol. The quantitative estimate of drug-likeness (QED) is 0.768.